The zero-order chi connectivity index (χ0) is 15.3. The molecule has 0 atom stereocenters. The summed E-state index contributed by atoms with van der Waals surface area (Å²) in [6, 6.07) is 1.42. The second-order valence-electron chi connectivity index (χ2n) is 4.81. The minimum atomic E-state index is -4.28. The van der Waals surface area contributed by atoms with Gasteiger partial charge in [0.1, 0.15) is 24.0 Å². The lowest BCUT2D eigenvalue weighted by atomic mass is 10.2. The van der Waals surface area contributed by atoms with Crippen LogP contribution in [0.25, 0.3) is 0 Å². The number of rotatable bonds is 6. The summed E-state index contributed by atoms with van der Waals surface area (Å²) < 4.78 is 37.9. The zero-order valence-electron chi connectivity index (χ0n) is 11.8. The van der Waals surface area contributed by atoms with E-state index in [-0.39, 0.29) is 18.3 Å². The number of nitrogens with zero attached hydrogens (tertiary/aromatic N) is 3. The fourth-order valence-electron chi connectivity index (χ4n) is 1.71. The van der Waals surface area contributed by atoms with Crippen molar-refractivity contribution in [3.8, 4) is 0 Å². The van der Waals surface area contributed by atoms with Gasteiger partial charge in [0.15, 0.2) is 0 Å². The van der Waals surface area contributed by atoms with E-state index in [1.54, 1.807) is 0 Å². The summed E-state index contributed by atoms with van der Waals surface area (Å²) in [7, 11) is 0. The highest BCUT2D eigenvalue weighted by Crippen LogP contribution is 2.24. The molecule has 0 aliphatic heterocycles. The molecule has 0 bridgehead atoms. The quantitative estimate of drug-likeness (QED) is 0.623. The van der Waals surface area contributed by atoms with Crippen molar-refractivity contribution in [3.63, 3.8) is 0 Å². The first kappa shape index (κ1) is 16.5. The van der Waals surface area contributed by atoms with Gasteiger partial charge in [-0.15, -0.1) is 0 Å². The fourth-order valence-corrected chi connectivity index (χ4v) is 1.71. The Kier molecular flexibility index (Phi) is 5.55. The van der Waals surface area contributed by atoms with E-state index < -0.39 is 12.7 Å². The second-order valence-corrected chi connectivity index (χ2v) is 4.81. The molecule has 5 nitrogen and oxygen atoms in total. The van der Waals surface area contributed by atoms with Crippen LogP contribution in [0, 0.1) is 0 Å². The largest absolute Gasteiger partial charge is 0.405 e. The van der Waals surface area contributed by atoms with Crippen molar-refractivity contribution in [3.05, 3.63) is 11.9 Å². The van der Waals surface area contributed by atoms with Gasteiger partial charge in [0.2, 0.25) is 0 Å². The summed E-state index contributed by atoms with van der Waals surface area (Å²) in [4.78, 5) is 9.53. The Morgan fingerprint density at radius 2 is 2.00 bits per heavy atom. The van der Waals surface area contributed by atoms with Crippen molar-refractivity contribution in [2.45, 2.75) is 39.3 Å². The van der Waals surface area contributed by atoms with Crippen molar-refractivity contribution in [2.75, 3.05) is 23.4 Å². The molecular weight excluding hydrogens is 271 g/mol. The molecule has 0 aliphatic rings. The van der Waals surface area contributed by atoms with Gasteiger partial charge in [0.05, 0.1) is 0 Å². The number of hydrogen-bond donors (Lipinski definition) is 2. The van der Waals surface area contributed by atoms with Crippen LogP contribution in [0.3, 0.4) is 0 Å². The second kappa shape index (κ2) is 6.74. The first-order valence-corrected chi connectivity index (χ1v) is 6.44. The number of hydrazine groups is 1. The summed E-state index contributed by atoms with van der Waals surface area (Å²) in [5.74, 6) is 6.30. The SMILES string of the molecule is CCCN(CC(F)(F)F)c1cc(NN)nc(C(C)C)n1. The maximum atomic E-state index is 12.6. The Morgan fingerprint density at radius 1 is 1.35 bits per heavy atom. The molecule has 0 spiro atoms. The molecule has 0 amide bonds. The number of anilines is 2. The number of halogens is 3. The molecule has 3 N–H and O–H groups in total. The van der Waals surface area contributed by atoms with Crippen LogP contribution >= 0.6 is 0 Å². The molecule has 0 unspecified atom stereocenters. The normalized spacial score (nSPS) is 11.8. The summed E-state index contributed by atoms with van der Waals surface area (Å²) in [5.41, 5.74) is 2.36. The number of nitrogens with two attached hydrogens (primary N) is 1. The van der Waals surface area contributed by atoms with Gasteiger partial charge in [-0.1, -0.05) is 20.8 Å². The first-order chi connectivity index (χ1) is 9.26. The van der Waals surface area contributed by atoms with Gasteiger partial charge in [-0.2, -0.15) is 13.2 Å². The third-order valence-corrected chi connectivity index (χ3v) is 2.58. The molecule has 1 heterocycles. The Balaban J connectivity index is 3.14. The van der Waals surface area contributed by atoms with Crippen LogP contribution in [0.15, 0.2) is 6.07 Å². The summed E-state index contributed by atoms with van der Waals surface area (Å²) in [6.45, 7) is 4.77. The van der Waals surface area contributed by atoms with Crippen molar-refractivity contribution >= 4 is 11.6 Å². The fraction of sp³-hybridized carbons (Fsp3) is 0.667. The lowest BCUT2D eigenvalue weighted by Crippen LogP contribution is -2.35. The van der Waals surface area contributed by atoms with E-state index in [2.05, 4.69) is 15.4 Å². The smallest absolute Gasteiger partial charge is 0.347 e. The van der Waals surface area contributed by atoms with E-state index in [0.29, 0.717) is 18.1 Å². The van der Waals surface area contributed by atoms with Crippen molar-refractivity contribution in [1.82, 2.24) is 9.97 Å². The summed E-state index contributed by atoms with van der Waals surface area (Å²) >= 11 is 0. The minimum absolute atomic E-state index is 0.00332. The van der Waals surface area contributed by atoms with Crippen LogP contribution in [-0.4, -0.2) is 29.2 Å². The molecular formula is C12H20F3N5. The number of aromatic nitrogens is 2. The molecule has 0 saturated carbocycles. The van der Waals surface area contributed by atoms with Gasteiger partial charge in [-0.05, 0) is 6.42 Å². The third kappa shape index (κ3) is 4.84. The van der Waals surface area contributed by atoms with Crippen LogP contribution in [0.5, 0.6) is 0 Å². The Labute approximate surface area is 116 Å². The average molecular weight is 291 g/mol. The van der Waals surface area contributed by atoms with Crippen molar-refractivity contribution in [1.29, 1.82) is 0 Å². The van der Waals surface area contributed by atoms with Crippen molar-refractivity contribution in [2.24, 2.45) is 5.84 Å². The maximum Gasteiger partial charge on any atom is 0.405 e. The molecule has 8 heteroatoms. The summed E-state index contributed by atoms with van der Waals surface area (Å²) in [6.07, 6.45) is -3.70. The maximum absolute atomic E-state index is 12.6. The van der Waals surface area contributed by atoms with Gasteiger partial charge in [0, 0.05) is 18.5 Å². The van der Waals surface area contributed by atoms with E-state index in [0.717, 1.165) is 0 Å². The van der Waals surface area contributed by atoms with E-state index in [9.17, 15) is 13.2 Å². The molecule has 1 aromatic heterocycles. The monoisotopic (exact) mass is 291 g/mol. The molecule has 0 fully saturated rings. The summed E-state index contributed by atoms with van der Waals surface area (Å²) in [5, 5.41) is 0. The highest BCUT2D eigenvalue weighted by atomic mass is 19.4. The van der Waals surface area contributed by atoms with E-state index in [4.69, 9.17) is 5.84 Å². The predicted octanol–water partition coefficient (Wildman–Crippen LogP) is 2.66. The van der Waals surface area contributed by atoms with Gasteiger partial charge in [-0.3, -0.25) is 0 Å². The van der Waals surface area contributed by atoms with Gasteiger partial charge < -0.3 is 10.3 Å². The van der Waals surface area contributed by atoms with Crippen LogP contribution in [0.4, 0.5) is 24.8 Å². The first-order valence-electron chi connectivity index (χ1n) is 6.44. The van der Waals surface area contributed by atoms with Gasteiger partial charge >= 0.3 is 6.18 Å². The predicted molar refractivity (Wildman–Crippen MR) is 72.5 cm³/mol. The zero-order valence-corrected chi connectivity index (χ0v) is 11.8. The molecule has 0 radical (unpaired) electrons. The lowest BCUT2D eigenvalue weighted by Gasteiger charge is -2.25. The molecule has 20 heavy (non-hydrogen) atoms. The van der Waals surface area contributed by atoms with Crippen LogP contribution < -0.4 is 16.2 Å². The van der Waals surface area contributed by atoms with Crippen molar-refractivity contribution < 1.29 is 13.2 Å². The average Bonchev–Trinajstić information content (AvgIpc) is 2.36. The van der Waals surface area contributed by atoms with E-state index in [1.807, 2.05) is 20.8 Å². The van der Waals surface area contributed by atoms with E-state index >= 15 is 0 Å². The van der Waals surface area contributed by atoms with Crippen LogP contribution in [0.1, 0.15) is 38.9 Å². The highest BCUT2D eigenvalue weighted by Gasteiger charge is 2.31. The van der Waals surface area contributed by atoms with Gasteiger partial charge in [-0.25, -0.2) is 15.8 Å². The Hall–Kier alpha value is -1.57. The minimum Gasteiger partial charge on any atom is -0.347 e. The van der Waals surface area contributed by atoms with Gasteiger partial charge in [0.25, 0.3) is 0 Å². The molecule has 0 saturated heterocycles. The molecule has 114 valence electrons. The van der Waals surface area contributed by atoms with Crippen LogP contribution in [0.2, 0.25) is 0 Å². The number of alkyl halides is 3. The van der Waals surface area contributed by atoms with Crippen LogP contribution in [-0.2, 0) is 0 Å². The Bertz CT molecular complexity index is 434. The number of nitrogens with one attached hydrogen (secondary N) is 1. The Morgan fingerprint density at radius 3 is 2.45 bits per heavy atom. The van der Waals surface area contributed by atoms with E-state index in [1.165, 1.54) is 11.0 Å². The lowest BCUT2D eigenvalue weighted by molar-refractivity contribution is -0.119. The molecule has 0 aliphatic carbocycles. The number of hydrogen-bond acceptors (Lipinski definition) is 5. The number of nitrogen functional groups attached to an aromatic ring is 1. The molecule has 1 aromatic rings. The highest BCUT2D eigenvalue weighted by molar-refractivity contribution is 5.49. The molecule has 0 aromatic carbocycles. The topological polar surface area (TPSA) is 67.1 Å². The standard InChI is InChI=1S/C12H20F3N5/c1-4-5-20(7-12(13,14)15)10-6-9(19-16)17-11(18-10)8(2)3/h6,8H,4-5,7,16H2,1-3H3,(H,17,18,19). The third-order valence-electron chi connectivity index (χ3n) is 2.58. The molecule has 1 rings (SSSR count).